The molecule has 1 aromatic heterocycles. The first-order valence-corrected chi connectivity index (χ1v) is 9.51. The highest BCUT2D eigenvalue weighted by molar-refractivity contribution is 5.00. The fourth-order valence-corrected chi connectivity index (χ4v) is 3.92. The van der Waals surface area contributed by atoms with Gasteiger partial charge in [0.2, 0.25) is 0 Å². The summed E-state index contributed by atoms with van der Waals surface area (Å²) in [5, 5.41) is 0. The first-order valence-electron chi connectivity index (χ1n) is 9.51. The number of imidazole rings is 1. The van der Waals surface area contributed by atoms with Gasteiger partial charge in [-0.1, -0.05) is 13.8 Å². The van der Waals surface area contributed by atoms with E-state index in [2.05, 4.69) is 53.2 Å². The molecule has 4 heteroatoms. The molecule has 1 aromatic rings. The van der Waals surface area contributed by atoms with Crippen LogP contribution in [0.1, 0.15) is 58.7 Å². The fourth-order valence-electron chi connectivity index (χ4n) is 3.92. The molecule has 0 spiro atoms. The van der Waals surface area contributed by atoms with E-state index in [1.165, 1.54) is 51.1 Å². The molecule has 2 heterocycles. The van der Waals surface area contributed by atoms with E-state index in [1.807, 2.05) is 6.33 Å². The zero-order valence-corrected chi connectivity index (χ0v) is 15.4. The Morgan fingerprint density at radius 2 is 1.96 bits per heavy atom. The minimum absolute atomic E-state index is 0.492. The summed E-state index contributed by atoms with van der Waals surface area (Å²) in [7, 11) is 0. The minimum atomic E-state index is 0.492. The third kappa shape index (κ3) is 4.36. The maximum atomic E-state index is 4.37. The Balaban J connectivity index is 1.66. The molecule has 3 rings (SSSR count). The summed E-state index contributed by atoms with van der Waals surface area (Å²) >= 11 is 0. The number of nitrogens with zero attached hydrogens (tertiary/aromatic N) is 4. The van der Waals surface area contributed by atoms with E-state index in [-0.39, 0.29) is 0 Å². The van der Waals surface area contributed by atoms with Crippen molar-refractivity contribution >= 4 is 0 Å². The van der Waals surface area contributed by atoms with Crippen molar-refractivity contribution in [2.24, 2.45) is 11.8 Å². The highest BCUT2D eigenvalue weighted by atomic mass is 15.3. The van der Waals surface area contributed by atoms with Crippen LogP contribution in [0.25, 0.3) is 0 Å². The standard InChI is InChI=1S/C19H34N4/c1-15(2)19-13-21(8-5-9-22(19)11-17-6-7-17)12-18-10-20-14-23(18)16(3)4/h10,14-17,19H,5-9,11-13H2,1-4H3. The zero-order chi connectivity index (χ0) is 16.4. The molecular formula is C19H34N4. The summed E-state index contributed by atoms with van der Waals surface area (Å²) in [6.07, 6.45) is 8.25. The first-order chi connectivity index (χ1) is 11.0. The lowest BCUT2D eigenvalue weighted by molar-refractivity contribution is 0.131. The molecule has 1 aliphatic carbocycles. The van der Waals surface area contributed by atoms with Gasteiger partial charge in [-0.05, 0) is 58.0 Å². The Kier molecular flexibility index (Phi) is 5.42. The quantitative estimate of drug-likeness (QED) is 0.803. The van der Waals surface area contributed by atoms with E-state index >= 15 is 0 Å². The lowest BCUT2D eigenvalue weighted by atomic mass is 10.0. The second-order valence-electron chi connectivity index (χ2n) is 8.22. The molecular weight excluding hydrogens is 284 g/mol. The number of hydrogen-bond donors (Lipinski definition) is 0. The second kappa shape index (κ2) is 7.35. The largest absolute Gasteiger partial charge is 0.331 e. The van der Waals surface area contributed by atoms with Crippen molar-refractivity contribution in [3.63, 3.8) is 0 Å². The van der Waals surface area contributed by atoms with Gasteiger partial charge in [-0.15, -0.1) is 0 Å². The van der Waals surface area contributed by atoms with Crippen LogP contribution in [-0.4, -0.2) is 51.6 Å². The molecule has 1 atom stereocenters. The second-order valence-corrected chi connectivity index (χ2v) is 8.22. The van der Waals surface area contributed by atoms with Crippen LogP contribution in [0.5, 0.6) is 0 Å². The van der Waals surface area contributed by atoms with E-state index in [0.29, 0.717) is 12.1 Å². The van der Waals surface area contributed by atoms with Gasteiger partial charge < -0.3 is 4.57 Å². The Labute approximate surface area is 141 Å². The van der Waals surface area contributed by atoms with Gasteiger partial charge in [0.15, 0.2) is 0 Å². The lowest BCUT2D eigenvalue weighted by Gasteiger charge is -2.34. The van der Waals surface area contributed by atoms with Gasteiger partial charge in [-0.2, -0.15) is 0 Å². The first kappa shape index (κ1) is 17.0. The molecule has 0 aromatic carbocycles. The predicted molar refractivity (Wildman–Crippen MR) is 95.4 cm³/mol. The van der Waals surface area contributed by atoms with Crippen molar-refractivity contribution in [3.05, 3.63) is 18.2 Å². The smallest absolute Gasteiger partial charge is 0.0951 e. The fraction of sp³-hybridized carbons (Fsp3) is 0.842. The Morgan fingerprint density at radius 3 is 2.61 bits per heavy atom. The Morgan fingerprint density at radius 1 is 1.17 bits per heavy atom. The molecule has 0 radical (unpaired) electrons. The molecule has 1 saturated carbocycles. The number of rotatable bonds is 6. The predicted octanol–water partition coefficient (Wildman–Crippen LogP) is 3.41. The van der Waals surface area contributed by atoms with Crippen LogP contribution >= 0.6 is 0 Å². The number of aromatic nitrogens is 2. The summed E-state index contributed by atoms with van der Waals surface area (Å²) in [6.45, 7) is 15.3. The maximum Gasteiger partial charge on any atom is 0.0951 e. The third-order valence-electron chi connectivity index (χ3n) is 5.48. The van der Waals surface area contributed by atoms with Gasteiger partial charge in [0, 0.05) is 37.9 Å². The SMILES string of the molecule is CC(C)C1CN(Cc2cncn2C(C)C)CCCN1CC1CC1. The molecule has 4 nitrogen and oxygen atoms in total. The van der Waals surface area contributed by atoms with E-state index in [9.17, 15) is 0 Å². The summed E-state index contributed by atoms with van der Waals surface area (Å²) in [4.78, 5) is 9.83. The van der Waals surface area contributed by atoms with Gasteiger partial charge in [0.1, 0.15) is 0 Å². The van der Waals surface area contributed by atoms with Gasteiger partial charge in [0.05, 0.1) is 12.0 Å². The molecule has 2 aliphatic rings. The molecule has 2 fully saturated rings. The van der Waals surface area contributed by atoms with Crippen molar-refractivity contribution in [1.29, 1.82) is 0 Å². The van der Waals surface area contributed by atoms with Crippen LogP contribution in [-0.2, 0) is 6.54 Å². The van der Waals surface area contributed by atoms with Crippen LogP contribution in [0.15, 0.2) is 12.5 Å². The number of hydrogen-bond acceptors (Lipinski definition) is 3. The minimum Gasteiger partial charge on any atom is -0.331 e. The zero-order valence-electron chi connectivity index (χ0n) is 15.4. The van der Waals surface area contributed by atoms with Crippen molar-refractivity contribution in [1.82, 2.24) is 19.4 Å². The highest BCUT2D eigenvalue weighted by Crippen LogP contribution is 2.32. The molecule has 0 bridgehead atoms. The topological polar surface area (TPSA) is 24.3 Å². The van der Waals surface area contributed by atoms with E-state index in [0.717, 1.165) is 18.4 Å². The average molecular weight is 319 g/mol. The molecule has 23 heavy (non-hydrogen) atoms. The van der Waals surface area contributed by atoms with Gasteiger partial charge in [-0.3, -0.25) is 9.80 Å². The van der Waals surface area contributed by atoms with E-state index in [4.69, 9.17) is 0 Å². The van der Waals surface area contributed by atoms with Crippen LogP contribution in [0.4, 0.5) is 0 Å². The highest BCUT2D eigenvalue weighted by Gasteiger charge is 2.32. The Hall–Kier alpha value is -0.870. The molecule has 0 amide bonds. The average Bonchev–Trinajstić information content (AvgIpc) is 3.22. The monoisotopic (exact) mass is 318 g/mol. The normalized spacial score (nSPS) is 24.5. The van der Waals surface area contributed by atoms with Crippen LogP contribution in [0.2, 0.25) is 0 Å². The maximum absolute atomic E-state index is 4.37. The molecule has 1 unspecified atom stereocenters. The lowest BCUT2D eigenvalue weighted by Crippen LogP contribution is -2.45. The van der Waals surface area contributed by atoms with Crippen molar-refractivity contribution in [2.45, 2.75) is 65.6 Å². The molecule has 0 N–H and O–H groups in total. The summed E-state index contributed by atoms with van der Waals surface area (Å²) in [5.74, 6) is 1.72. The van der Waals surface area contributed by atoms with Crippen LogP contribution in [0, 0.1) is 11.8 Å². The van der Waals surface area contributed by atoms with Crippen LogP contribution in [0.3, 0.4) is 0 Å². The van der Waals surface area contributed by atoms with Gasteiger partial charge >= 0.3 is 0 Å². The molecule has 130 valence electrons. The van der Waals surface area contributed by atoms with Crippen LogP contribution < -0.4 is 0 Å². The third-order valence-corrected chi connectivity index (χ3v) is 5.48. The van der Waals surface area contributed by atoms with Crippen molar-refractivity contribution in [2.75, 3.05) is 26.2 Å². The summed E-state index contributed by atoms with van der Waals surface area (Å²) in [5.41, 5.74) is 1.36. The van der Waals surface area contributed by atoms with Crippen molar-refractivity contribution in [3.8, 4) is 0 Å². The summed E-state index contributed by atoms with van der Waals surface area (Å²) in [6, 6.07) is 1.19. The van der Waals surface area contributed by atoms with Gasteiger partial charge in [0.25, 0.3) is 0 Å². The van der Waals surface area contributed by atoms with E-state index < -0.39 is 0 Å². The van der Waals surface area contributed by atoms with Gasteiger partial charge in [-0.25, -0.2) is 4.98 Å². The van der Waals surface area contributed by atoms with Crippen molar-refractivity contribution < 1.29 is 0 Å². The Bertz CT molecular complexity index is 489. The molecule has 1 aliphatic heterocycles. The molecule has 1 saturated heterocycles. The van der Waals surface area contributed by atoms with E-state index in [1.54, 1.807) is 0 Å². The summed E-state index contributed by atoms with van der Waals surface area (Å²) < 4.78 is 2.32.